The van der Waals surface area contributed by atoms with Gasteiger partial charge >= 0.3 is 5.97 Å². The lowest BCUT2D eigenvalue weighted by Crippen LogP contribution is -2.10. The largest absolute Gasteiger partial charge is 0.495 e. The number of carbonyl (C=O) groups is 1. The van der Waals surface area contributed by atoms with Crippen molar-refractivity contribution in [2.45, 2.75) is 32.1 Å². The maximum absolute atomic E-state index is 11.7. The summed E-state index contributed by atoms with van der Waals surface area (Å²) in [5, 5.41) is 0. The van der Waals surface area contributed by atoms with Gasteiger partial charge in [0.15, 0.2) is 0 Å². The number of allylic oxidation sites excluding steroid dienone is 2. The van der Waals surface area contributed by atoms with E-state index in [-0.39, 0.29) is 5.97 Å². The van der Waals surface area contributed by atoms with Crippen molar-refractivity contribution in [1.29, 1.82) is 0 Å². The molecule has 0 radical (unpaired) electrons. The van der Waals surface area contributed by atoms with E-state index in [1.165, 1.54) is 19.3 Å². The Morgan fingerprint density at radius 1 is 1.05 bits per heavy atom. The van der Waals surface area contributed by atoms with Crippen molar-refractivity contribution in [1.82, 2.24) is 0 Å². The van der Waals surface area contributed by atoms with Gasteiger partial charge < -0.3 is 9.47 Å². The van der Waals surface area contributed by atoms with E-state index >= 15 is 0 Å². The van der Waals surface area contributed by atoms with Gasteiger partial charge in [-0.05, 0) is 37.5 Å². The molecule has 0 atom stereocenters. The first kappa shape index (κ1) is 13.7. The van der Waals surface area contributed by atoms with Gasteiger partial charge in [-0.25, -0.2) is 4.79 Å². The Kier molecular flexibility index (Phi) is 5.48. The molecule has 0 aliphatic heterocycles. The predicted molar refractivity (Wildman–Crippen MR) is 73.8 cm³/mol. The lowest BCUT2D eigenvalue weighted by Gasteiger charge is -2.09. The number of benzene rings is 1. The van der Waals surface area contributed by atoms with Gasteiger partial charge in [-0.3, -0.25) is 0 Å². The fourth-order valence-electron chi connectivity index (χ4n) is 2.08. The molecular weight excluding hydrogens is 240 g/mol. The lowest BCUT2D eigenvalue weighted by atomic mass is 10.2. The van der Waals surface area contributed by atoms with Crippen molar-refractivity contribution in [2.24, 2.45) is 0 Å². The number of carbonyl (C=O) groups excluding carboxylic acids is 1. The molecule has 0 fully saturated rings. The van der Waals surface area contributed by atoms with Crippen LogP contribution in [0.4, 0.5) is 0 Å². The maximum Gasteiger partial charge on any atom is 0.338 e. The zero-order chi connectivity index (χ0) is 13.3. The van der Waals surface area contributed by atoms with Crippen LogP contribution in [0.3, 0.4) is 0 Å². The predicted octanol–water partition coefficient (Wildman–Crippen LogP) is 3.71. The van der Waals surface area contributed by atoms with Crippen LogP contribution in [0.5, 0.6) is 0 Å². The highest BCUT2D eigenvalue weighted by atomic mass is 16.6. The number of hydrogen-bond acceptors (Lipinski definition) is 3. The Hall–Kier alpha value is -1.77. The quantitative estimate of drug-likeness (QED) is 0.598. The highest BCUT2D eigenvalue weighted by molar-refractivity contribution is 5.89. The summed E-state index contributed by atoms with van der Waals surface area (Å²) < 4.78 is 10.8. The van der Waals surface area contributed by atoms with Crippen molar-refractivity contribution >= 4 is 5.97 Å². The molecule has 0 aromatic heterocycles. The molecule has 3 nitrogen and oxygen atoms in total. The summed E-state index contributed by atoms with van der Waals surface area (Å²) in [5.74, 6) is 0.757. The fourth-order valence-corrected chi connectivity index (χ4v) is 2.08. The maximum atomic E-state index is 11.7. The van der Waals surface area contributed by atoms with Crippen molar-refractivity contribution in [3.05, 3.63) is 47.7 Å². The molecule has 2 rings (SSSR count). The van der Waals surface area contributed by atoms with Gasteiger partial charge in [-0.2, -0.15) is 0 Å². The van der Waals surface area contributed by atoms with Crippen molar-refractivity contribution < 1.29 is 14.3 Å². The smallest absolute Gasteiger partial charge is 0.338 e. The van der Waals surface area contributed by atoms with Crippen molar-refractivity contribution in [3.63, 3.8) is 0 Å². The molecule has 3 heteroatoms. The molecule has 0 heterocycles. The average molecular weight is 260 g/mol. The normalized spacial score (nSPS) is 15.3. The zero-order valence-corrected chi connectivity index (χ0v) is 11.1. The summed E-state index contributed by atoms with van der Waals surface area (Å²) in [4.78, 5) is 11.7. The number of hydrogen-bond donors (Lipinski definition) is 0. The fraction of sp³-hybridized carbons (Fsp3) is 0.438. The van der Waals surface area contributed by atoms with Gasteiger partial charge in [0.25, 0.3) is 0 Å². The van der Waals surface area contributed by atoms with Crippen LogP contribution in [0.15, 0.2) is 42.2 Å². The molecule has 1 aliphatic rings. The molecule has 102 valence electrons. The van der Waals surface area contributed by atoms with Crippen molar-refractivity contribution in [3.8, 4) is 0 Å². The minimum atomic E-state index is -0.293. The van der Waals surface area contributed by atoms with Gasteiger partial charge in [0, 0.05) is 6.42 Å². The van der Waals surface area contributed by atoms with Gasteiger partial charge in [0.1, 0.15) is 13.2 Å². The van der Waals surface area contributed by atoms with Crippen LogP contribution in [0.25, 0.3) is 0 Å². The summed E-state index contributed by atoms with van der Waals surface area (Å²) in [6.45, 7) is 0.732. The average Bonchev–Trinajstić information content (AvgIpc) is 2.73. The summed E-state index contributed by atoms with van der Waals surface area (Å²) in [5.41, 5.74) is 0.580. The molecular formula is C16H20O3. The van der Waals surface area contributed by atoms with Gasteiger partial charge in [0.2, 0.25) is 0 Å². The van der Waals surface area contributed by atoms with Crippen LogP contribution in [-0.2, 0) is 9.47 Å². The van der Waals surface area contributed by atoms with E-state index in [1.807, 2.05) is 18.2 Å². The minimum Gasteiger partial charge on any atom is -0.495 e. The second-order valence-corrected chi connectivity index (χ2v) is 4.62. The van der Waals surface area contributed by atoms with Crippen LogP contribution in [0.2, 0.25) is 0 Å². The number of ether oxygens (including phenoxy) is 2. The molecule has 19 heavy (non-hydrogen) atoms. The molecule has 0 spiro atoms. The van der Waals surface area contributed by atoms with Crippen LogP contribution in [0.1, 0.15) is 42.5 Å². The second-order valence-electron chi connectivity index (χ2n) is 4.62. The van der Waals surface area contributed by atoms with Gasteiger partial charge in [-0.15, -0.1) is 0 Å². The molecule has 0 saturated heterocycles. The van der Waals surface area contributed by atoms with E-state index in [0.29, 0.717) is 18.8 Å². The third kappa shape index (κ3) is 4.78. The molecule has 0 saturated carbocycles. The first-order valence-electron chi connectivity index (χ1n) is 6.90. The SMILES string of the molecule is O=C(OCCOC1=CCCCCC1)c1ccccc1. The molecule has 0 bridgehead atoms. The molecule has 0 N–H and O–H groups in total. The molecule has 1 aliphatic carbocycles. The van der Waals surface area contributed by atoms with Gasteiger partial charge in [0.05, 0.1) is 11.3 Å². The third-order valence-electron chi connectivity index (χ3n) is 3.11. The number of esters is 1. The van der Waals surface area contributed by atoms with E-state index in [9.17, 15) is 4.79 Å². The van der Waals surface area contributed by atoms with Crippen LogP contribution < -0.4 is 0 Å². The Bertz CT molecular complexity index is 423. The van der Waals surface area contributed by atoms with E-state index < -0.39 is 0 Å². The van der Waals surface area contributed by atoms with Crippen LogP contribution in [-0.4, -0.2) is 19.2 Å². The molecule has 1 aromatic rings. The van der Waals surface area contributed by atoms with E-state index in [4.69, 9.17) is 9.47 Å². The highest BCUT2D eigenvalue weighted by Gasteiger charge is 2.07. The van der Waals surface area contributed by atoms with E-state index in [1.54, 1.807) is 12.1 Å². The Labute approximate surface area is 114 Å². The molecule has 1 aromatic carbocycles. The first-order chi connectivity index (χ1) is 9.36. The zero-order valence-electron chi connectivity index (χ0n) is 11.1. The lowest BCUT2D eigenvalue weighted by molar-refractivity contribution is 0.0394. The minimum absolute atomic E-state index is 0.293. The second kappa shape index (κ2) is 7.62. The third-order valence-corrected chi connectivity index (χ3v) is 3.11. The summed E-state index contributed by atoms with van der Waals surface area (Å²) in [6, 6.07) is 9.01. The first-order valence-corrected chi connectivity index (χ1v) is 6.90. The van der Waals surface area contributed by atoms with Crippen LogP contribution in [0, 0.1) is 0 Å². The summed E-state index contributed by atoms with van der Waals surface area (Å²) in [6.07, 6.45) is 7.97. The standard InChI is InChI=1S/C16H20O3/c17-16(14-8-4-3-5-9-14)19-13-12-18-15-10-6-1-2-7-11-15/h3-5,8-10H,1-2,6-7,11-13H2. The van der Waals surface area contributed by atoms with Crippen molar-refractivity contribution in [2.75, 3.05) is 13.2 Å². The Morgan fingerprint density at radius 2 is 1.89 bits per heavy atom. The Balaban J connectivity index is 1.66. The van der Waals surface area contributed by atoms with E-state index in [0.717, 1.165) is 18.6 Å². The van der Waals surface area contributed by atoms with Gasteiger partial charge in [-0.1, -0.05) is 24.6 Å². The highest BCUT2D eigenvalue weighted by Crippen LogP contribution is 2.17. The summed E-state index contributed by atoms with van der Waals surface area (Å²) in [7, 11) is 0. The molecule has 0 amide bonds. The Morgan fingerprint density at radius 3 is 2.74 bits per heavy atom. The van der Waals surface area contributed by atoms with Crippen LogP contribution >= 0.6 is 0 Å². The number of rotatable bonds is 5. The summed E-state index contributed by atoms with van der Waals surface area (Å²) >= 11 is 0. The molecule has 0 unspecified atom stereocenters. The van der Waals surface area contributed by atoms with E-state index in [2.05, 4.69) is 6.08 Å². The topological polar surface area (TPSA) is 35.5 Å². The monoisotopic (exact) mass is 260 g/mol.